The lowest BCUT2D eigenvalue weighted by Gasteiger charge is -2.35. The van der Waals surface area contributed by atoms with Crippen LogP contribution in [0.3, 0.4) is 0 Å². The van der Waals surface area contributed by atoms with Crippen molar-refractivity contribution in [3.63, 3.8) is 0 Å². The van der Waals surface area contributed by atoms with E-state index in [1.165, 1.54) is 33.9 Å². The highest BCUT2D eigenvalue weighted by Crippen LogP contribution is 2.48. The SMILES string of the molecule is Cc1nc([C@H](C)NC(=O)c2ccc(-c3ccc(N)cc3)cc2)cc(N2[C@H](C(=O)NCCOCCOCCOCCOCCNC(=O)CCCCCN3/C(=C/C=C/C=C/C4=[N+](C)c5ccccc5C4(C)C)C(C)(C)c4ccccc43)C[C@@H]3CCCC[C@@H]32)n1. The van der Waals surface area contributed by atoms with E-state index >= 15 is 0 Å². The number of para-hydroxylation sites is 2. The minimum absolute atomic E-state index is 0.0391. The van der Waals surface area contributed by atoms with Gasteiger partial charge >= 0.3 is 0 Å². The zero-order chi connectivity index (χ0) is 61.3. The van der Waals surface area contributed by atoms with Gasteiger partial charge < -0.3 is 50.4 Å². The predicted molar refractivity (Wildman–Crippen MR) is 347 cm³/mol. The number of amides is 3. The first kappa shape index (κ1) is 64.0. The zero-order valence-corrected chi connectivity index (χ0v) is 52.3. The number of carbonyl (C=O) groups excluding carboxylic acids is 3. The van der Waals surface area contributed by atoms with E-state index in [2.05, 4.69) is 144 Å². The molecule has 0 radical (unpaired) electrons. The molecule has 87 heavy (non-hydrogen) atoms. The van der Waals surface area contributed by atoms with Crippen molar-refractivity contribution in [3.8, 4) is 11.1 Å². The number of nitrogens with two attached hydrogens (primary N) is 1. The molecule has 5 aromatic rings. The number of benzene rings is 4. The van der Waals surface area contributed by atoms with E-state index < -0.39 is 6.04 Å². The quantitative estimate of drug-likeness (QED) is 0.0148. The largest absolute Gasteiger partial charge is 0.399 e. The predicted octanol–water partition coefficient (Wildman–Crippen LogP) is 11.0. The topological polar surface area (TPSA) is 186 Å². The highest BCUT2D eigenvalue weighted by atomic mass is 16.6. The van der Waals surface area contributed by atoms with Crippen LogP contribution in [0.4, 0.5) is 22.9 Å². The second-order valence-electron chi connectivity index (χ2n) is 24.4. The average Bonchev–Trinajstić information content (AvgIpc) is 1.70. The van der Waals surface area contributed by atoms with Crippen LogP contribution >= 0.6 is 0 Å². The molecule has 4 aliphatic rings. The van der Waals surface area contributed by atoms with Crippen molar-refractivity contribution in [2.45, 2.75) is 128 Å². The summed E-state index contributed by atoms with van der Waals surface area (Å²) in [6.45, 7) is 18.0. The Labute approximate surface area is 515 Å². The molecule has 3 amide bonds. The molecular weight excluding hydrogens is 1090 g/mol. The van der Waals surface area contributed by atoms with Crippen molar-refractivity contribution < 1.29 is 37.9 Å². The van der Waals surface area contributed by atoms with Gasteiger partial charge in [-0.25, -0.2) is 9.97 Å². The number of aromatic nitrogens is 2. The molecule has 16 heteroatoms. The molecule has 1 saturated heterocycles. The summed E-state index contributed by atoms with van der Waals surface area (Å²) in [5, 5.41) is 9.24. The third kappa shape index (κ3) is 16.2. The summed E-state index contributed by atoms with van der Waals surface area (Å²) in [6.07, 6.45) is 19.3. The van der Waals surface area contributed by atoms with Gasteiger partial charge in [0.25, 0.3) is 5.91 Å². The van der Waals surface area contributed by atoms with Crippen LogP contribution < -0.4 is 31.5 Å². The summed E-state index contributed by atoms with van der Waals surface area (Å²) in [6, 6.07) is 33.9. The van der Waals surface area contributed by atoms with Gasteiger partial charge in [0, 0.05) is 83.9 Å². The first-order valence-electron chi connectivity index (χ1n) is 31.5. The van der Waals surface area contributed by atoms with Gasteiger partial charge in [0.05, 0.1) is 70.0 Å². The molecule has 0 unspecified atom stereocenters. The third-order valence-electron chi connectivity index (χ3n) is 17.7. The van der Waals surface area contributed by atoms with Crippen LogP contribution in [0.25, 0.3) is 11.1 Å². The van der Waals surface area contributed by atoms with Crippen LogP contribution in [-0.4, -0.2) is 130 Å². The van der Waals surface area contributed by atoms with Crippen molar-refractivity contribution in [1.82, 2.24) is 25.9 Å². The summed E-state index contributed by atoms with van der Waals surface area (Å²) < 4.78 is 25.2. The van der Waals surface area contributed by atoms with E-state index in [-0.39, 0.29) is 40.6 Å². The Morgan fingerprint density at radius 2 is 1.36 bits per heavy atom. The molecule has 1 aromatic heterocycles. The zero-order valence-electron chi connectivity index (χ0n) is 52.3. The van der Waals surface area contributed by atoms with Gasteiger partial charge in [-0.15, -0.1) is 0 Å². The fourth-order valence-corrected chi connectivity index (χ4v) is 13.0. The monoisotopic (exact) mass is 1180 g/mol. The number of aryl methyl sites for hydroxylation is 1. The number of fused-ring (bicyclic) bond motifs is 3. The highest BCUT2D eigenvalue weighted by molar-refractivity contribution is 6.03. The standard InChI is InChI=1S/C71H91N9O7/c1-50(75-68(82)54-31-29-52(30-32-54)53-33-35-56(72)36-34-53)59-49-66(77-51(2)76-59)80-60-23-16-13-20-55(60)48-63(80)69(83)74-38-41-85-43-45-87-47-46-86-44-42-84-40-37-73-67(81)28-12-9-19-39-79-62-25-18-15-22-58(62)71(5,6)65(79)27-11-8-10-26-64-70(3,4)57-21-14-17-24-61(57)78(64)7/h8,10-11,14-15,17-18,21-22,24-27,29-36,49-50,55,60,63H,9,12-13,16,19-20,23,28,37-48H2,1-7H3,(H4-,72,73,74,75,81,82,83)/p+1/t50-,55-,60-,63-/m0/s1. The molecular formula is C71H92N9O7+. The number of nitrogen functional groups attached to an aromatic ring is 1. The van der Waals surface area contributed by atoms with Crippen molar-refractivity contribution >= 4 is 46.3 Å². The minimum Gasteiger partial charge on any atom is -0.399 e. The average molecular weight is 1180 g/mol. The molecule has 0 bridgehead atoms. The van der Waals surface area contributed by atoms with E-state index in [9.17, 15) is 14.4 Å². The minimum atomic E-state index is -0.399. The van der Waals surface area contributed by atoms with E-state index in [4.69, 9.17) is 34.6 Å². The van der Waals surface area contributed by atoms with Crippen molar-refractivity contribution in [2.75, 3.05) is 95.1 Å². The molecule has 16 nitrogen and oxygen atoms in total. The summed E-state index contributed by atoms with van der Waals surface area (Å²) >= 11 is 0. The van der Waals surface area contributed by atoms with Gasteiger partial charge in [-0.2, -0.15) is 4.58 Å². The number of anilines is 3. The lowest BCUT2D eigenvalue weighted by molar-refractivity contribution is -0.401. The molecule has 1 aliphatic carbocycles. The van der Waals surface area contributed by atoms with Gasteiger partial charge in [0.15, 0.2) is 5.71 Å². The maximum Gasteiger partial charge on any atom is 0.251 e. The number of carbonyl (C=O) groups is 3. The maximum absolute atomic E-state index is 13.9. The highest BCUT2D eigenvalue weighted by Gasteiger charge is 2.46. The Morgan fingerprint density at radius 1 is 0.724 bits per heavy atom. The number of allylic oxidation sites excluding steroid dienone is 6. The Bertz CT molecular complexity index is 3260. The molecule has 4 aromatic carbocycles. The Balaban J connectivity index is 0.599. The third-order valence-corrected chi connectivity index (χ3v) is 17.7. The van der Waals surface area contributed by atoms with Crippen LogP contribution in [0.1, 0.15) is 131 Å². The molecule has 5 N–H and O–H groups in total. The second kappa shape index (κ2) is 30.4. The summed E-state index contributed by atoms with van der Waals surface area (Å²) in [4.78, 5) is 54.3. The number of rotatable bonds is 30. The molecule has 462 valence electrons. The normalized spacial score (nSPS) is 19.2. The van der Waals surface area contributed by atoms with Gasteiger partial charge in [-0.05, 0) is 119 Å². The lowest BCUT2D eigenvalue weighted by Crippen LogP contribution is -2.48. The van der Waals surface area contributed by atoms with Crippen LogP contribution in [-0.2, 0) is 39.4 Å². The molecule has 3 aliphatic heterocycles. The molecule has 9 rings (SSSR count). The van der Waals surface area contributed by atoms with Crippen molar-refractivity contribution in [2.24, 2.45) is 5.92 Å². The van der Waals surface area contributed by atoms with E-state index in [1.807, 2.05) is 68.4 Å². The van der Waals surface area contributed by atoms with Gasteiger partial charge in [-0.3, -0.25) is 14.4 Å². The molecule has 2 fully saturated rings. The van der Waals surface area contributed by atoms with Crippen LogP contribution in [0.5, 0.6) is 0 Å². The van der Waals surface area contributed by atoms with Gasteiger partial charge in [-0.1, -0.05) is 112 Å². The summed E-state index contributed by atoms with van der Waals surface area (Å²) in [5.41, 5.74) is 17.4. The van der Waals surface area contributed by atoms with E-state index in [0.29, 0.717) is 107 Å². The molecule has 1 saturated carbocycles. The van der Waals surface area contributed by atoms with Gasteiger partial charge in [0.2, 0.25) is 17.5 Å². The van der Waals surface area contributed by atoms with Crippen molar-refractivity contribution in [1.29, 1.82) is 0 Å². The Kier molecular flexibility index (Phi) is 22.4. The van der Waals surface area contributed by atoms with Crippen LogP contribution in [0, 0.1) is 12.8 Å². The number of hydrogen-bond donors (Lipinski definition) is 4. The summed E-state index contributed by atoms with van der Waals surface area (Å²) in [7, 11) is 2.15. The molecule has 0 spiro atoms. The molecule has 4 atom stereocenters. The first-order chi connectivity index (χ1) is 42.1. The Morgan fingerprint density at radius 3 is 2.06 bits per heavy atom. The fourth-order valence-electron chi connectivity index (χ4n) is 13.0. The molecule has 4 heterocycles. The number of nitrogens with one attached hydrogen (secondary N) is 3. The number of nitrogens with zero attached hydrogens (tertiary/aromatic N) is 5. The number of ether oxygens (including phenoxy) is 4. The number of hydrogen-bond acceptors (Lipinski definition) is 12. The summed E-state index contributed by atoms with van der Waals surface area (Å²) in [5.74, 6) is 1.51. The lowest BCUT2D eigenvalue weighted by atomic mass is 9.81. The van der Waals surface area contributed by atoms with E-state index in [0.717, 1.165) is 69.0 Å². The number of unbranched alkanes of at least 4 members (excludes halogenated alkanes) is 2. The first-order valence-corrected chi connectivity index (χ1v) is 31.5. The van der Waals surface area contributed by atoms with E-state index in [1.54, 1.807) is 0 Å². The maximum atomic E-state index is 13.9. The smallest absolute Gasteiger partial charge is 0.251 e. The fraction of sp³-hybridized carbons (Fsp3) is 0.465. The Hall–Kier alpha value is -7.50. The second-order valence-corrected chi connectivity index (χ2v) is 24.4. The van der Waals surface area contributed by atoms with Gasteiger partial charge in [0.1, 0.15) is 24.7 Å². The van der Waals surface area contributed by atoms with Crippen LogP contribution in [0.2, 0.25) is 0 Å². The van der Waals surface area contributed by atoms with Crippen molar-refractivity contribution in [3.05, 3.63) is 167 Å². The van der Waals surface area contributed by atoms with Crippen LogP contribution in [0.15, 0.2) is 139 Å².